The Hall–Kier alpha value is -2.03. The van der Waals surface area contributed by atoms with E-state index >= 15 is 0 Å². The Balaban J connectivity index is 1.46. The lowest BCUT2D eigenvalue weighted by Crippen LogP contribution is -2.30. The molecule has 0 fully saturated rings. The molecule has 25 heavy (non-hydrogen) atoms. The number of ether oxygens (including phenoxy) is 1. The van der Waals surface area contributed by atoms with Crippen LogP contribution in [0.25, 0.3) is 10.2 Å². The van der Waals surface area contributed by atoms with E-state index in [2.05, 4.69) is 16.0 Å². The molecule has 0 saturated heterocycles. The van der Waals surface area contributed by atoms with Crippen LogP contribution in [-0.2, 0) is 22.5 Å². The Bertz CT molecular complexity index is 975. The van der Waals surface area contributed by atoms with E-state index in [0.29, 0.717) is 29.1 Å². The molecule has 0 spiro atoms. The standard InChI is InChI=1S/C17H17N3O3S2/c1-20(9-13-18-11-4-7-25-16(11)17(22)19-13)14(21)8-12-15-10(2-5-23-12)3-6-24-15/h3-4,6-7,12H,2,5,8-9H2,1H3,(H,18,19,22)/t12-/m0/s1. The molecule has 3 aromatic heterocycles. The number of H-pyrrole nitrogens is 1. The van der Waals surface area contributed by atoms with E-state index < -0.39 is 0 Å². The Labute approximate surface area is 152 Å². The first-order chi connectivity index (χ1) is 12.1. The van der Waals surface area contributed by atoms with Crippen molar-refractivity contribution in [1.82, 2.24) is 14.9 Å². The second-order valence-electron chi connectivity index (χ2n) is 6.02. The van der Waals surface area contributed by atoms with Gasteiger partial charge in [0, 0.05) is 11.9 Å². The molecule has 4 heterocycles. The first-order valence-corrected chi connectivity index (χ1v) is 9.76. The molecule has 0 radical (unpaired) electrons. The minimum atomic E-state index is -0.176. The van der Waals surface area contributed by atoms with Gasteiger partial charge in [-0.15, -0.1) is 22.7 Å². The quantitative estimate of drug-likeness (QED) is 0.761. The predicted molar refractivity (Wildman–Crippen MR) is 98.0 cm³/mol. The maximum atomic E-state index is 12.6. The number of nitrogens with one attached hydrogen (secondary N) is 1. The van der Waals surface area contributed by atoms with Gasteiger partial charge in [0.25, 0.3) is 5.56 Å². The lowest BCUT2D eigenvalue weighted by atomic mass is 10.1. The van der Waals surface area contributed by atoms with Crippen molar-refractivity contribution in [3.63, 3.8) is 0 Å². The van der Waals surface area contributed by atoms with E-state index in [9.17, 15) is 9.59 Å². The molecule has 8 heteroatoms. The van der Waals surface area contributed by atoms with Crippen molar-refractivity contribution in [1.29, 1.82) is 0 Å². The van der Waals surface area contributed by atoms with Crippen LogP contribution in [0.3, 0.4) is 0 Å². The number of carbonyl (C=O) groups excluding carboxylic acids is 1. The first kappa shape index (κ1) is 16.4. The van der Waals surface area contributed by atoms with Crippen LogP contribution in [-0.4, -0.2) is 34.4 Å². The van der Waals surface area contributed by atoms with Gasteiger partial charge in [0.05, 0.1) is 25.1 Å². The zero-order valence-corrected chi connectivity index (χ0v) is 15.3. The fourth-order valence-corrected chi connectivity index (χ4v) is 4.73. The number of hydrogen-bond donors (Lipinski definition) is 1. The van der Waals surface area contributed by atoms with Crippen molar-refractivity contribution in [2.45, 2.75) is 25.5 Å². The fourth-order valence-electron chi connectivity index (χ4n) is 3.00. The third-order valence-corrected chi connectivity index (χ3v) is 6.25. The van der Waals surface area contributed by atoms with Crippen LogP contribution in [0.5, 0.6) is 0 Å². The molecule has 1 aliphatic rings. The third kappa shape index (κ3) is 3.24. The summed E-state index contributed by atoms with van der Waals surface area (Å²) in [4.78, 5) is 34.5. The molecule has 4 rings (SSSR count). The average molecular weight is 375 g/mol. The van der Waals surface area contributed by atoms with E-state index in [-0.39, 0.29) is 24.1 Å². The Kier molecular flexibility index (Phi) is 4.41. The highest BCUT2D eigenvalue weighted by Gasteiger charge is 2.26. The minimum Gasteiger partial charge on any atom is -0.372 e. The van der Waals surface area contributed by atoms with E-state index in [4.69, 9.17) is 4.74 Å². The number of fused-ring (bicyclic) bond motifs is 2. The monoisotopic (exact) mass is 375 g/mol. The molecule has 1 amide bonds. The fraction of sp³-hybridized carbons (Fsp3) is 0.353. The molecule has 6 nitrogen and oxygen atoms in total. The van der Waals surface area contributed by atoms with Crippen LogP contribution in [0, 0.1) is 0 Å². The predicted octanol–water partition coefficient (Wildman–Crippen LogP) is 2.71. The smallest absolute Gasteiger partial charge is 0.268 e. The number of carbonyl (C=O) groups is 1. The Morgan fingerprint density at radius 3 is 3.12 bits per heavy atom. The summed E-state index contributed by atoms with van der Waals surface area (Å²) in [5.41, 5.74) is 1.80. The normalized spacial score (nSPS) is 16.8. The second-order valence-corrected chi connectivity index (χ2v) is 7.88. The van der Waals surface area contributed by atoms with E-state index in [1.54, 1.807) is 23.3 Å². The lowest BCUT2D eigenvalue weighted by molar-refractivity contribution is -0.133. The highest BCUT2D eigenvalue weighted by atomic mass is 32.1. The molecule has 1 aliphatic heterocycles. The summed E-state index contributed by atoms with van der Waals surface area (Å²) in [6.07, 6.45) is 1.03. The van der Waals surface area contributed by atoms with Gasteiger partial charge < -0.3 is 14.6 Å². The van der Waals surface area contributed by atoms with Crippen molar-refractivity contribution in [2.75, 3.05) is 13.7 Å². The molecule has 3 aromatic rings. The lowest BCUT2D eigenvalue weighted by Gasteiger charge is -2.25. The van der Waals surface area contributed by atoms with E-state index in [0.717, 1.165) is 11.3 Å². The van der Waals surface area contributed by atoms with Crippen molar-refractivity contribution in [3.05, 3.63) is 49.5 Å². The number of amides is 1. The summed E-state index contributed by atoms with van der Waals surface area (Å²) in [6.45, 7) is 0.916. The molecule has 0 aromatic carbocycles. The van der Waals surface area contributed by atoms with E-state index in [1.165, 1.54) is 16.9 Å². The third-order valence-electron chi connectivity index (χ3n) is 4.30. The van der Waals surface area contributed by atoms with Gasteiger partial charge in [-0.3, -0.25) is 9.59 Å². The summed E-state index contributed by atoms with van der Waals surface area (Å²) in [6, 6.07) is 3.92. The zero-order valence-electron chi connectivity index (χ0n) is 13.7. The van der Waals surface area contributed by atoms with Crippen LogP contribution in [0.15, 0.2) is 27.7 Å². The minimum absolute atomic E-state index is 0.0284. The molecule has 1 N–H and O–H groups in total. The highest BCUT2D eigenvalue weighted by molar-refractivity contribution is 7.17. The second kappa shape index (κ2) is 6.70. The van der Waals surface area contributed by atoms with Crippen LogP contribution >= 0.6 is 22.7 Å². The van der Waals surface area contributed by atoms with Gasteiger partial charge in [-0.1, -0.05) is 0 Å². The van der Waals surface area contributed by atoms with Gasteiger partial charge >= 0.3 is 0 Å². The van der Waals surface area contributed by atoms with Gasteiger partial charge in [0.1, 0.15) is 16.6 Å². The Morgan fingerprint density at radius 2 is 2.24 bits per heavy atom. The van der Waals surface area contributed by atoms with Crippen LogP contribution in [0.2, 0.25) is 0 Å². The van der Waals surface area contributed by atoms with Crippen molar-refractivity contribution < 1.29 is 9.53 Å². The van der Waals surface area contributed by atoms with Gasteiger partial charge in [0.15, 0.2) is 0 Å². The molecule has 0 bridgehead atoms. The Morgan fingerprint density at radius 1 is 1.40 bits per heavy atom. The van der Waals surface area contributed by atoms with Gasteiger partial charge in [0.2, 0.25) is 5.91 Å². The SMILES string of the molecule is CN(Cc1nc2ccsc2c(=O)[nH]1)C(=O)C[C@@H]1OCCc2ccsc21. The van der Waals surface area contributed by atoms with Crippen molar-refractivity contribution in [2.24, 2.45) is 0 Å². The number of hydrogen-bond acceptors (Lipinski definition) is 6. The van der Waals surface area contributed by atoms with Gasteiger partial charge in [-0.25, -0.2) is 4.98 Å². The van der Waals surface area contributed by atoms with Crippen molar-refractivity contribution in [3.8, 4) is 0 Å². The summed E-state index contributed by atoms with van der Waals surface area (Å²) in [5, 5.41) is 3.88. The summed E-state index contributed by atoms with van der Waals surface area (Å²) < 4.78 is 6.40. The van der Waals surface area contributed by atoms with Crippen LogP contribution < -0.4 is 5.56 Å². The van der Waals surface area contributed by atoms with Gasteiger partial charge in [-0.2, -0.15) is 0 Å². The molecule has 0 unspecified atom stereocenters. The summed E-state index contributed by atoms with van der Waals surface area (Å²) in [7, 11) is 1.72. The topological polar surface area (TPSA) is 75.3 Å². The van der Waals surface area contributed by atoms with Gasteiger partial charge in [-0.05, 0) is 34.9 Å². The van der Waals surface area contributed by atoms with Crippen LogP contribution in [0.1, 0.15) is 28.8 Å². The number of aromatic amines is 1. The number of rotatable bonds is 4. The summed E-state index contributed by atoms with van der Waals surface area (Å²) >= 11 is 3.00. The average Bonchev–Trinajstić information content (AvgIpc) is 3.24. The van der Waals surface area contributed by atoms with E-state index in [1.807, 2.05) is 16.8 Å². The number of thiophene rings is 2. The maximum absolute atomic E-state index is 12.6. The van der Waals surface area contributed by atoms with Crippen molar-refractivity contribution >= 4 is 38.8 Å². The number of nitrogens with zero attached hydrogens (tertiary/aromatic N) is 2. The van der Waals surface area contributed by atoms with Crippen LogP contribution in [0.4, 0.5) is 0 Å². The molecule has 0 saturated carbocycles. The molecule has 1 atom stereocenters. The molecule has 0 aliphatic carbocycles. The maximum Gasteiger partial charge on any atom is 0.268 e. The molecule has 130 valence electrons. The molecular weight excluding hydrogens is 358 g/mol. The summed E-state index contributed by atoms with van der Waals surface area (Å²) in [5.74, 6) is 0.465. The highest BCUT2D eigenvalue weighted by Crippen LogP contribution is 2.34. The first-order valence-electron chi connectivity index (χ1n) is 8.00. The number of aromatic nitrogens is 2. The zero-order chi connectivity index (χ0) is 17.4. The largest absolute Gasteiger partial charge is 0.372 e. The molecular formula is C17H17N3O3S2.